The maximum atomic E-state index is 5.61. The molecule has 0 aromatic rings. The molecule has 0 saturated heterocycles. The second-order valence-electron chi connectivity index (χ2n) is 3.06. The third-order valence-electron chi connectivity index (χ3n) is 1.90. The maximum Gasteiger partial charge on any atom is 0.504 e. The third-order valence-corrected chi connectivity index (χ3v) is 5.00. The quantitative estimate of drug-likeness (QED) is 0.387. The molecule has 13 heavy (non-hydrogen) atoms. The summed E-state index contributed by atoms with van der Waals surface area (Å²) < 4.78 is 16.3. The van der Waals surface area contributed by atoms with Crippen LogP contribution in [0.3, 0.4) is 0 Å². The van der Waals surface area contributed by atoms with Crippen molar-refractivity contribution in [1.82, 2.24) is 5.32 Å². The lowest BCUT2D eigenvalue weighted by atomic mass is 10.6. The SMILES string of the molecule is CCNCO[Si](OC)(OC)C(C)C. The van der Waals surface area contributed by atoms with Gasteiger partial charge in [-0.25, -0.2) is 0 Å². The van der Waals surface area contributed by atoms with Gasteiger partial charge in [0.1, 0.15) is 0 Å². The van der Waals surface area contributed by atoms with Crippen molar-refractivity contribution < 1.29 is 13.3 Å². The minimum atomic E-state index is -2.42. The molecule has 0 amide bonds. The monoisotopic (exact) mass is 207 g/mol. The van der Waals surface area contributed by atoms with E-state index in [1.165, 1.54) is 0 Å². The van der Waals surface area contributed by atoms with E-state index in [4.69, 9.17) is 13.3 Å². The van der Waals surface area contributed by atoms with Crippen molar-refractivity contribution in [1.29, 1.82) is 0 Å². The van der Waals surface area contributed by atoms with Gasteiger partial charge in [0.15, 0.2) is 0 Å². The summed E-state index contributed by atoms with van der Waals surface area (Å²) in [4.78, 5) is 0. The first kappa shape index (κ1) is 13.1. The Morgan fingerprint density at radius 2 is 1.77 bits per heavy atom. The molecule has 0 spiro atoms. The summed E-state index contributed by atoms with van der Waals surface area (Å²) in [5, 5.41) is 3.08. The molecule has 0 unspecified atom stereocenters. The van der Waals surface area contributed by atoms with E-state index in [-0.39, 0.29) is 5.54 Å². The first-order chi connectivity index (χ1) is 6.13. The Morgan fingerprint density at radius 3 is 2.08 bits per heavy atom. The maximum absolute atomic E-state index is 5.61. The van der Waals surface area contributed by atoms with Crippen molar-refractivity contribution in [2.45, 2.75) is 26.3 Å². The number of hydrogen-bond acceptors (Lipinski definition) is 4. The Kier molecular flexibility index (Phi) is 6.53. The predicted molar refractivity (Wildman–Crippen MR) is 54.5 cm³/mol. The molecule has 80 valence electrons. The largest absolute Gasteiger partial charge is 0.504 e. The average molecular weight is 207 g/mol. The molecule has 0 fully saturated rings. The van der Waals surface area contributed by atoms with Gasteiger partial charge >= 0.3 is 8.80 Å². The smallest absolute Gasteiger partial charge is 0.377 e. The Balaban J connectivity index is 4.06. The average Bonchev–Trinajstić information content (AvgIpc) is 2.13. The van der Waals surface area contributed by atoms with E-state index in [1.807, 2.05) is 20.8 Å². The highest BCUT2D eigenvalue weighted by Gasteiger charge is 2.42. The van der Waals surface area contributed by atoms with Crippen LogP contribution in [0, 0.1) is 0 Å². The fourth-order valence-corrected chi connectivity index (χ4v) is 3.07. The van der Waals surface area contributed by atoms with E-state index in [9.17, 15) is 0 Å². The molecule has 0 rings (SSSR count). The molecule has 0 bridgehead atoms. The van der Waals surface area contributed by atoms with E-state index in [0.717, 1.165) is 6.54 Å². The van der Waals surface area contributed by atoms with Crippen LogP contribution in [0.5, 0.6) is 0 Å². The highest BCUT2D eigenvalue weighted by Crippen LogP contribution is 2.22. The van der Waals surface area contributed by atoms with Gasteiger partial charge in [-0.15, -0.1) is 0 Å². The summed E-state index contributed by atoms with van der Waals surface area (Å²) >= 11 is 0. The normalized spacial score (nSPS) is 12.5. The molecule has 0 saturated carbocycles. The minimum absolute atomic E-state index is 0.279. The van der Waals surface area contributed by atoms with Crippen LogP contribution in [0.2, 0.25) is 5.54 Å². The van der Waals surface area contributed by atoms with Gasteiger partial charge in [-0.1, -0.05) is 20.8 Å². The van der Waals surface area contributed by atoms with Crippen LogP contribution in [0.25, 0.3) is 0 Å². The molecular formula is C8H21NO3Si. The second-order valence-corrected chi connectivity index (χ2v) is 6.53. The third kappa shape index (κ3) is 3.74. The molecule has 0 atom stereocenters. The molecule has 0 aliphatic heterocycles. The molecule has 0 aromatic carbocycles. The van der Waals surface area contributed by atoms with E-state index in [2.05, 4.69) is 5.32 Å². The summed E-state index contributed by atoms with van der Waals surface area (Å²) in [6, 6.07) is 0. The van der Waals surface area contributed by atoms with Gasteiger partial charge < -0.3 is 13.3 Å². The van der Waals surface area contributed by atoms with Crippen molar-refractivity contribution in [3.8, 4) is 0 Å². The van der Waals surface area contributed by atoms with Crippen LogP contribution >= 0.6 is 0 Å². The van der Waals surface area contributed by atoms with Crippen LogP contribution in [0.1, 0.15) is 20.8 Å². The van der Waals surface area contributed by atoms with Crippen molar-refractivity contribution in [3.63, 3.8) is 0 Å². The summed E-state index contributed by atoms with van der Waals surface area (Å²) in [6.45, 7) is 7.50. The summed E-state index contributed by atoms with van der Waals surface area (Å²) in [7, 11) is 0.861. The van der Waals surface area contributed by atoms with Gasteiger partial charge in [-0.3, -0.25) is 5.32 Å². The Bertz CT molecular complexity index is 129. The predicted octanol–water partition coefficient (Wildman–Crippen LogP) is 1.21. The fraction of sp³-hybridized carbons (Fsp3) is 1.00. The van der Waals surface area contributed by atoms with Crippen LogP contribution in [-0.2, 0) is 13.3 Å². The van der Waals surface area contributed by atoms with Gasteiger partial charge in [0.05, 0.1) is 6.73 Å². The number of nitrogens with one attached hydrogen (secondary N) is 1. The van der Waals surface area contributed by atoms with Gasteiger partial charge in [0.25, 0.3) is 0 Å². The Morgan fingerprint density at radius 1 is 1.23 bits per heavy atom. The van der Waals surface area contributed by atoms with E-state index in [1.54, 1.807) is 14.2 Å². The van der Waals surface area contributed by atoms with Crippen LogP contribution in [0.4, 0.5) is 0 Å². The highest BCUT2D eigenvalue weighted by molar-refractivity contribution is 6.62. The van der Waals surface area contributed by atoms with Gasteiger partial charge in [-0.2, -0.15) is 0 Å². The van der Waals surface area contributed by atoms with Crippen LogP contribution in [-0.4, -0.2) is 36.3 Å². The topological polar surface area (TPSA) is 39.7 Å². The summed E-state index contributed by atoms with van der Waals surface area (Å²) in [5.41, 5.74) is 0.279. The number of rotatable bonds is 7. The van der Waals surface area contributed by atoms with E-state index >= 15 is 0 Å². The molecule has 0 aliphatic rings. The van der Waals surface area contributed by atoms with Crippen LogP contribution < -0.4 is 5.32 Å². The lowest BCUT2D eigenvalue weighted by Gasteiger charge is -2.29. The second kappa shape index (κ2) is 6.50. The first-order valence-electron chi connectivity index (χ1n) is 4.58. The van der Waals surface area contributed by atoms with E-state index in [0.29, 0.717) is 6.73 Å². The van der Waals surface area contributed by atoms with Gasteiger partial charge in [0, 0.05) is 19.8 Å². The van der Waals surface area contributed by atoms with Crippen molar-refractivity contribution in [2.75, 3.05) is 27.5 Å². The summed E-state index contributed by atoms with van der Waals surface area (Å²) in [5.74, 6) is 0. The standard InChI is InChI=1S/C8H21NO3Si/c1-6-9-7-12-13(10-4,11-5)8(2)3/h8-9H,6-7H2,1-5H3. The minimum Gasteiger partial charge on any atom is -0.377 e. The summed E-state index contributed by atoms with van der Waals surface area (Å²) in [6.07, 6.45) is 0. The zero-order valence-corrected chi connectivity index (χ0v) is 10.2. The lowest BCUT2D eigenvalue weighted by Crippen LogP contribution is -2.48. The van der Waals surface area contributed by atoms with Gasteiger partial charge in [-0.05, 0) is 6.54 Å². The first-order valence-corrected chi connectivity index (χ1v) is 6.38. The van der Waals surface area contributed by atoms with Crippen molar-refractivity contribution in [3.05, 3.63) is 0 Å². The number of hydrogen-bond donors (Lipinski definition) is 1. The molecule has 0 heterocycles. The molecule has 5 heteroatoms. The molecule has 4 nitrogen and oxygen atoms in total. The fourth-order valence-electron chi connectivity index (χ4n) is 1.09. The lowest BCUT2D eigenvalue weighted by molar-refractivity contribution is 0.0833. The van der Waals surface area contributed by atoms with E-state index < -0.39 is 8.80 Å². The van der Waals surface area contributed by atoms with Crippen molar-refractivity contribution >= 4 is 8.80 Å². The Labute approximate surface area is 81.9 Å². The van der Waals surface area contributed by atoms with Gasteiger partial charge in [0.2, 0.25) is 0 Å². The highest BCUT2D eigenvalue weighted by atomic mass is 28.4. The zero-order chi connectivity index (χ0) is 10.3. The van der Waals surface area contributed by atoms with Crippen molar-refractivity contribution in [2.24, 2.45) is 0 Å². The zero-order valence-electron chi connectivity index (χ0n) is 9.22. The Hall–Kier alpha value is 0.0569. The molecule has 1 N–H and O–H groups in total. The molecule has 0 aliphatic carbocycles. The van der Waals surface area contributed by atoms with Crippen LogP contribution in [0.15, 0.2) is 0 Å². The molecule has 0 radical (unpaired) electrons. The molecular weight excluding hydrogens is 186 g/mol. The molecule has 0 aromatic heterocycles.